The zero-order valence-electron chi connectivity index (χ0n) is 9.14. The summed E-state index contributed by atoms with van der Waals surface area (Å²) in [5, 5.41) is 6.96. The predicted octanol–water partition coefficient (Wildman–Crippen LogP) is 0.755. The fourth-order valence-corrected chi connectivity index (χ4v) is 2.36. The van der Waals surface area contributed by atoms with Crippen LogP contribution in [0.1, 0.15) is 26.2 Å². The Hall–Kier alpha value is -0.120. The van der Waals surface area contributed by atoms with E-state index in [9.17, 15) is 0 Å². The summed E-state index contributed by atoms with van der Waals surface area (Å²) in [7, 11) is 0. The molecule has 2 atom stereocenters. The molecule has 2 N–H and O–H groups in total. The van der Waals surface area contributed by atoms with Crippen LogP contribution in [-0.2, 0) is 4.74 Å². The highest BCUT2D eigenvalue weighted by molar-refractivity contribution is 4.86. The first-order valence-electron chi connectivity index (χ1n) is 5.82. The third-order valence-corrected chi connectivity index (χ3v) is 3.40. The topological polar surface area (TPSA) is 33.3 Å². The van der Waals surface area contributed by atoms with E-state index in [2.05, 4.69) is 17.6 Å². The van der Waals surface area contributed by atoms with Crippen molar-refractivity contribution in [3.8, 4) is 0 Å². The molecule has 2 rings (SSSR count). The highest BCUT2D eigenvalue weighted by atomic mass is 16.5. The van der Waals surface area contributed by atoms with E-state index in [-0.39, 0.29) is 0 Å². The van der Waals surface area contributed by atoms with Crippen molar-refractivity contribution in [2.45, 2.75) is 32.3 Å². The normalized spacial score (nSPS) is 37.9. The fraction of sp³-hybridized carbons (Fsp3) is 1.00. The average molecular weight is 198 g/mol. The van der Waals surface area contributed by atoms with Crippen molar-refractivity contribution in [3.63, 3.8) is 0 Å². The molecule has 2 saturated heterocycles. The summed E-state index contributed by atoms with van der Waals surface area (Å²) in [6, 6.07) is 0. The van der Waals surface area contributed by atoms with Crippen molar-refractivity contribution in [3.05, 3.63) is 0 Å². The lowest BCUT2D eigenvalue weighted by atomic mass is 9.90. The maximum Gasteiger partial charge on any atom is 0.0700 e. The van der Waals surface area contributed by atoms with Crippen LogP contribution in [0.3, 0.4) is 0 Å². The molecule has 82 valence electrons. The highest BCUT2D eigenvalue weighted by Gasteiger charge is 2.28. The minimum Gasteiger partial charge on any atom is -0.377 e. The zero-order chi connectivity index (χ0) is 9.86. The van der Waals surface area contributed by atoms with Crippen LogP contribution in [0, 0.1) is 5.41 Å². The number of ether oxygens (including phenoxy) is 1. The van der Waals surface area contributed by atoms with Gasteiger partial charge in [-0.15, -0.1) is 0 Å². The Morgan fingerprint density at radius 3 is 3.14 bits per heavy atom. The van der Waals surface area contributed by atoms with Gasteiger partial charge in [0.05, 0.1) is 6.10 Å². The minimum absolute atomic E-state index is 0.471. The highest BCUT2D eigenvalue weighted by Crippen LogP contribution is 2.23. The summed E-state index contributed by atoms with van der Waals surface area (Å²) in [4.78, 5) is 0. The predicted molar refractivity (Wildman–Crippen MR) is 57.4 cm³/mol. The van der Waals surface area contributed by atoms with Crippen LogP contribution in [0.25, 0.3) is 0 Å². The Balaban J connectivity index is 1.61. The van der Waals surface area contributed by atoms with E-state index >= 15 is 0 Å². The van der Waals surface area contributed by atoms with E-state index in [0.717, 1.165) is 26.2 Å². The smallest absolute Gasteiger partial charge is 0.0700 e. The van der Waals surface area contributed by atoms with Gasteiger partial charge >= 0.3 is 0 Å². The molecule has 0 spiro atoms. The van der Waals surface area contributed by atoms with Crippen LogP contribution in [0.15, 0.2) is 0 Å². The monoisotopic (exact) mass is 198 g/mol. The van der Waals surface area contributed by atoms with Gasteiger partial charge in [0.15, 0.2) is 0 Å². The van der Waals surface area contributed by atoms with E-state index < -0.39 is 0 Å². The lowest BCUT2D eigenvalue weighted by Gasteiger charge is -2.23. The lowest BCUT2D eigenvalue weighted by Crippen LogP contribution is -2.37. The van der Waals surface area contributed by atoms with Crippen molar-refractivity contribution in [2.24, 2.45) is 5.41 Å². The van der Waals surface area contributed by atoms with Gasteiger partial charge in [0, 0.05) is 26.2 Å². The Morgan fingerprint density at radius 1 is 1.57 bits per heavy atom. The maximum absolute atomic E-state index is 5.57. The molecule has 0 aromatic carbocycles. The second kappa shape index (κ2) is 4.60. The van der Waals surface area contributed by atoms with Gasteiger partial charge in [-0.05, 0) is 31.2 Å². The van der Waals surface area contributed by atoms with Crippen LogP contribution >= 0.6 is 0 Å². The summed E-state index contributed by atoms with van der Waals surface area (Å²) < 4.78 is 5.57. The molecular formula is C11H22N2O. The standard InChI is InChI=1S/C11H22N2O/c1-11(4-5-12-8-11)9-13-7-10-3-2-6-14-10/h10,12-13H,2-9H2,1H3. The van der Waals surface area contributed by atoms with Crippen molar-refractivity contribution in [1.82, 2.24) is 10.6 Å². The van der Waals surface area contributed by atoms with Gasteiger partial charge in [-0.3, -0.25) is 0 Å². The summed E-state index contributed by atoms with van der Waals surface area (Å²) in [5.41, 5.74) is 0.471. The molecular weight excluding hydrogens is 176 g/mol. The largest absolute Gasteiger partial charge is 0.377 e. The summed E-state index contributed by atoms with van der Waals surface area (Å²) in [5.74, 6) is 0. The number of hydrogen-bond donors (Lipinski definition) is 2. The summed E-state index contributed by atoms with van der Waals surface area (Å²) in [6.45, 7) is 7.82. The van der Waals surface area contributed by atoms with E-state index in [1.165, 1.54) is 25.8 Å². The number of rotatable bonds is 4. The van der Waals surface area contributed by atoms with Crippen molar-refractivity contribution < 1.29 is 4.74 Å². The third kappa shape index (κ3) is 2.69. The molecule has 2 heterocycles. The van der Waals surface area contributed by atoms with Crippen LogP contribution in [0.4, 0.5) is 0 Å². The second-order valence-electron chi connectivity index (χ2n) is 5.00. The molecule has 0 amide bonds. The van der Waals surface area contributed by atoms with Gasteiger partial charge in [-0.2, -0.15) is 0 Å². The van der Waals surface area contributed by atoms with E-state index in [1.807, 2.05) is 0 Å². The van der Waals surface area contributed by atoms with Crippen LogP contribution < -0.4 is 10.6 Å². The molecule has 0 radical (unpaired) electrons. The van der Waals surface area contributed by atoms with Crippen molar-refractivity contribution in [1.29, 1.82) is 0 Å². The third-order valence-electron chi connectivity index (χ3n) is 3.40. The number of hydrogen-bond acceptors (Lipinski definition) is 3. The molecule has 0 aromatic rings. The molecule has 0 bridgehead atoms. The first kappa shape index (κ1) is 10.4. The Kier molecular flexibility index (Phi) is 3.42. The second-order valence-corrected chi connectivity index (χ2v) is 5.00. The Bertz CT molecular complexity index is 172. The van der Waals surface area contributed by atoms with E-state index in [1.54, 1.807) is 0 Å². The van der Waals surface area contributed by atoms with E-state index in [0.29, 0.717) is 11.5 Å². The Labute approximate surface area is 86.6 Å². The van der Waals surface area contributed by atoms with Gasteiger partial charge in [-0.1, -0.05) is 6.92 Å². The molecule has 14 heavy (non-hydrogen) atoms. The van der Waals surface area contributed by atoms with Crippen molar-refractivity contribution in [2.75, 3.05) is 32.8 Å². The molecule has 0 saturated carbocycles. The van der Waals surface area contributed by atoms with Crippen LogP contribution in [-0.4, -0.2) is 38.9 Å². The van der Waals surface area contributed by atoms with Gasteiger partial charge in [0.2, 0.25) is 0 Å². The molecule has 2 fully saturated rings. The lowest BCUT2D eigenvalue weighted by molar-refractivity contribution is 0.107. The molecule has 0 aliphatic carbocycles. The van der Waals surface area contributed by atoms with Gasteiger partial charge in [-0.25, -0.2) is 0 Å². The molecule has 2 aliphatic heterocycles. The SMILES string of the molecule is CC1(CNCC2CCCO2)CCNC1. The van der Waals surface area contributed by atoms with Gasteiger partial charge < -0.3 is 15.4 Å². The molecule has 0 aromatic heterocycles. The van der Waals surface area contributed by atoms with Gasteiger partial charge in [0.1, 0.15) is 0 Å². The summed E-state index contributed by atoms with van der Waals surface area (Å²) in [6.07, 6.45) is 4.26. The fourth-order valence-electron chi connectivity index (χ4n) is 2.36. The maximum atomic E-state index is 5.57. The van der Waals surface area contributed by atoms with Crippen molar-refractivity contribution >= 4 is 0 Å². The van der Waals surface area contributed by atoms with Gasteiger partial charge in [0.25, 0.3) is 0 Å². The number of nitrogens with one attached hydrogen (secondary N) is 2. The Morgan fingerprint density at radius 2 is 2.50 bits per heavy atom. The zero-order valence-corrected chi connectivity index (χ0v) is 9.14. The summed E-state index contributed by atoms with van der Waals surface area (Å²) >= 11 is 0. The molecule has 3 heteroatoms. The molecule has 2 unspecified atom stereocenters. The van der Waals surface area contributed by atoms with E-state index in [4.69, 9.17) is 4.74 Å². The quantitative estimate of drug-likeness (QED) is 0.699. The first-order chi connectivity index (χ1) is 6.79. The van der Waals surface area contributed by atoms with Crippen LogP contribution in [0.5, 0.6) is 0 Å². The minimum atomic E-state index is 0.471. The molecule has 3 nitrogen and oxygen atoms in total. The van der Waals surface area contributed by atoms with Crippen LogP contribution in [0.2, 0.25) is 0 Å². The average Bonchev–Trinajstić information content (AvgIpc) is 2.77. The molecule has 2 aliphatic rings. The first-order valence-corrected chi connectivity index (χ1v) is 5.82.